The van der Waals surface area contributed by atoms with E-state index in [1.807, 2.05) is 56.3 Å². The Labute approximate surface area is 137 Å². The Bertz CT molecular complexity index is 663. The van der Waals surface area contributed by atoms with Crippen LogP contribution in [-0.2, 0) is 4.79 Å². The average molecular weight is 363 g/mol. The molecule has 0 radical (unpaired) electrons. The van der Waals surface area contributed by atoms with Crippen molar-refractivity contribution in [2.75, 3.05) is 10.6 Å². The first-order valence-electron chi connectivity index (χ1n) is 6.41. The molecule has 0 aliphatic heterocycles. The average Bonchev–Trinajstić information content (AvgIpc) is 2.45. The largest absolute Gasteiger partial charge is 0.342 e. The van der Waals surface area contributed by atoms with Crippen LogP contribution in [0.2, 0.25) is 0 Å². The van der Waals surface area contributed by atoms with Gasteiger partial charge >= 0.3 is 0 Å². The zero-order valence-electron chi connectivity index (χ0n) is 11.7. The van der Waals surface area contributed by atoms with Crippen molar-refractivity contribution >= 4 is 50.4 Å². The number of nitrogens with one attached hydrogen (secondary N) is 2. The summed E-state index contributed by atoms with van der Waals surface area (Å²) >= 11 is 8.50. The molecule has 1 amide bonds. The van der Waals surface area contributed by atoms with E-state index in [1.165, 1.54) is 0 Å². The monoisotopic (exact) mass is 362 g/mol. The van der Waals surface area contributed by atoms with Crippen LogP contribution >= 0.6 is 28.1 Å². The molecule has 21 heavy (non-hydrogen) atoms. The summed E-state index contributed by atoms with van der Waals surface area (Å²) in [7, 11) is 0. The predicted molar refractivity (Wildman–Crippen MR) is 94.9 cm³/mol. The van der Waals surface area contributed by atoms with Crippen molar-refractivity contribution in [3.05, 3.63) is 58.1 Å². The van der Waals surface area contributed by atoms with Gasteiger partial charge < -0.3 is 10.6 Å². The lowest BCUT2D eigenvalue weighted by Gasteiger charge is -2.13. The van der Waals surface area contributed by atoms with Crippen LogP contribution in [-0.4, -0.2) is 10.9 Å². The second-order valence-electron chi connectivity index (χ2n) is 4.68. The molecule has 0 aromatic heterocycles. The van der Waals surface area contributed by atoms with Gasteiger partial charge in [-0.15, -0.1) is 0 Å². The Kier molecular flexibility index (Phi) is 5.09. The molecule has 0 atom stereocenters. The van der Waals surface area contributed by atoms with Crippen LogP contribution in [0.1, 0.15) is 11.1 Å². The zero-order chi connectivity index (χ0) is 15.4. The van der Waals surface area contributed by atoms with Gasteiger partial charge in [-0.1, -0.05) is 46.3 Å². The van der Waals surface area contributed by atoms with E-state index in [9.17, 15) is 4.79 Å². The van der Waals surface area contributed by atoms with Crippen LogP contribution in [0.3, 0.4) is 0 Å². The molecule has 0 bridgehead atoms. The summed E-state index contributed by atoms with van der Waals surface area (Å²) < 4.78 is 0.971. The second kappa shape index (κ2) is 6.83. The molecule has 108 valence electrons. The summed E-state index contributed by atoms with van der Waals surface area (Å²) in [6.45, 7) is 3.90. The molecule has 5 heteroatoms. The summed E-state index contributed by atoms with van der Waals surface area (Å²) in [6.07, 6.45) is 0. The molecule has 2 aromatic rings. The van der Waals surface area contributed by atoms with Gasteiger partial charge in [0.05, 0.1) is 0 Å². The normalized spacial score (nSPS) is 10.0. The van der Waals surface area contributed by atoms with Crippen molar-refractivity contribution in [2.45, 2.75) is 13.8 Å². The minimum Gasteiger partial charge on any atom is -0.342 e. The number of hydrogen-bond acceptors (Lipinski definition) is 2. The highest BCUT2D eigenvalue weighted by Crippen LogP contribution is 2.19. The summed E-state index contributed by atoms with van der Waals surface area (Å²) in [5.74, 6) is -0.315. The van der Waals surface area contributed by atoms with E-state index in [0.717, 1.165) is 27.0 Å². The van der Waals surface area contributed by atoms with Crippen LogP contribution in [0.15, 0.2) is 46.9 Å². The molecule has 0 heterocycles. The van der Waals surface area contributed by atoms with Crippen molar-refractivity contribution in [2.24, 2.45) is 0 Å². The molecule has 0 unspecified atom stereocenters. The van der Waals surface area contributed by atoms with E-state index in [0.29, 0.717) is 0 Å². The number of carbonyl (C=O) groups is 1. The first-order valence-corrected chi connectivity index (χ1v) is 7.61. The van der Waals surface area contributed by atoms with Crippen molar-refractivity contribution < 1.29 is 4.79 Å². The van der Waals surface area contributed by atoms with Gasteiger partial charge in [-0.05, 0) is 49.2 Å². The SMILES string of the molecule is Cc1cccc(C)c1NC(=O)C(=S)Nc1ccc(Br)cc1. The van der Waals surface area contributed by atoms with Gasteiger partial charge in [0.15, 0.2) is 4.99 Å². The van der Waals surface area contributed by atoms with Gasteiger partial charge in [0.25, 0.3) is 5.91 Å². The topological polar surface area (TPSA) is 41.1 Å². The highest BCUT2D eigenvalue weighted by molar-refractivity contribution is 9.10. The maximum Gasteiger partial charge on any atom is 0.283 e. The van der Waals surface area contributed by atoms with E-state index in [2.05, 4.69) is 26.6 Å². The molecule has 2 rings (SSSR count). The van der Waals surface area contributed by atoms with Crippen molar-refractivity contribution in [1.29, 1.82) is 0 Å². The number of thiocarbonyl (C=S) groups is 1. The molecule has 0 spiro atoms. The van der Waals surface area contributed by atoms with Gasteiger partial charge in [-0.25, -0.2) is 0 Å². The molecular weight excluding hydrogens is 348 g/mol. The van der Waals surface area contributed by atoms with Crippen LogP contribution in [0.25, 0.3) is 0 Å². The highest BCUT2D eigenvalue weighted by atomic mass is 79.9. The fourth-order valence-electron chi connectivity index (χ4n) is 1.90. The fraction of sp³-hybridized carbons (Fsp3) is 0.125. The number of anilines is 2. The number of para-hydroxylation sites is 1. The molecule has 0 aliphatic carbocycles. The summed E-state index contributed by atoms with van der Waals surface area (Å²) in [6, 6.07) is 13.3. The lowest BCUT2D eigenvalue weighted by Crippen LogP contribution is -2.28. The van der Waals surface area contributed by atoms with E-state index in [1.54, 1.807) is 0 Å². The molecule has 0 saturated heterocycles. The molecule has 2 N–H and O–H groups in total. The van der Waals surface area contributed by atoms with Crippen molar-refractivity contribution in [3.8, 4) is 0 Å². The van der Waals surface area contributed by atoms with Crippen LogP contribution in [0, 0.1) is 13.8 Å². The number of halogens is 1. The van der Waals surface area contributed by atoms with Crippen molar-refractivity contribution in [3.63, 3.8) is 0 Å². The van der Waals surface area contributed by atoms with Gasteiger partial charge in [-0.2, -0.15) is 0 Å². The molecule has 0 saturated carbocycles. The Morgan fingerprint density at radius 1 is 1.00 bits per heavy atom. The Hall–Kier alpha value is -1.72. The maximum absolute atomic E-state index is 12.2. The van der Waals surface area contributed by atoms with E-state index >= 15 is 0 Å². The lowest BCUT2D eigenvalue weighted by molar-refractivity contribution is -0.110. The third-order valence-corrected chi connectivity index (χ3v) is 3.84. The fourth-order valence-corrected chi connectivity index (χ4v) is 2.34. The maximum atomic E-state index is 12.2. The number of benzene rings is 2. The summed E-state index contributed by atoms with van der Waals surface area (Å²) in [4.78, 5) is 12.3. The standard InChI is InChI=1S/C16H15BrN2OS/c1-10-4-3-5-11(2)14(10)19-15(20)16(21)18-13-8-6-12(17)7-9-13/h3-9H,1-2H3,(H,18,21)(H,19,20). The molecule has 3 nitrogen and oxygen atoms in total. The number of rotatable bonds is 2. The van der Waals surface area contributed by atoms with Gasteiger partial charge in [0.2, 0.25) is 0 Å². The number of hydrogen-bond donors (Lipinski definition) is 2. The number of carbonyl (C=O) groups excluding carboxylic acids is 1. The Morgan fingerprint density at radius 3 is 2.14 bits per heavy atom. The van der Waals surface area contributed by atoms with E-state index < -0.39 is 0 Å². The lowest BCUT2D eigenvalue weighted by atomic mass is 10.1. The predicted octanol–water partition coefficient (Wildman–Crippen LogP) is 4.44. The zero-order valence-corrected chi connectivity index (χ0v) is 14.1. The van der Waals surface area contributed by atoms with Gasteiger partial charge in [-0.3, -0.25) is 4.79 Å². The summed E-state index contributed by atoms with van der Waals surface area (Å²) in [5, 5.41) is 5.78. The number of amides is 1. The smallest absolute Gasteiger partial charge is 0.283 e. The molecular formula is C16H15BrN2OS. The first kappa shape index (κ1) is 15.7. The Morgan fingerprint density at radius 2 is 1.57 bits per heavy atom. The van der Waals surface area contributed by atoms with E-state index in [-0.39, 0.29) is 10.9 Å². The van der Waals surface area contributed by atoms with Crippen LogP contribution in [0.5, 0.6) is 0 Å². The first-order chi connectivity index (χ1) is 9.97. The minimum atomic E-state index is -0.315. The van der Waals surface area contributed by atoms with Crippen LogP contribution in [0.4, 0.5) is 11.4 Å². The highest BCUT2D eigenvalue weighted by Gasteiger charge is 2.12. The Balaban J connectivity index is 2.06. The van der Waals surface area contributed by atoms with E-state index in [4.69, 9.17) is 12.2 Å². The number of aryl methyl sites for hydroxylation is 2. The van der Waals surface area contributed by atoms with Gasteiger partial charge in [0.1, 0.15) is 0 Å². The van der Waals surface area contributed by atoms with Crippen molar-refractivity contribution in [1.82, 2.24) is 0 Å². The van der Waals surface area contributed by atoms with Gasteiger partial charge in [0, 0.05) is 15.8 Å². The molecule has 0 fully saturated rings. The quantitative estimate of drug-likeness (QED) is 0.775. The third-order valence-electron chi connectivity index (χ3n) is 3.03. The second-order valence-corrected chi connectivity index (χ2v) is 6.01. The molecule has 2 aromatic carbocycles. The molecule has 0 aliphatic rings. The third kappa shape index (κ3) is 4.12. The minimum absolute atomic E-state index is 0.139. The summed E-state index contributed by atoms with van der Waals surface area (Å²) in [5.41, 5.74) is 3.60. The van der Waals surface area contributed by atoms with Crippen LogP contribution < -0.4 is 10.6 Å².